The Kier molecular flexibility index (Phi) is 6.48. The predicted molar refractivity (Wildman–Crippen MR) is 99.4 cm³/mol. The van der Waals surface area contributed by atoms with Crippen LogP contribution in [-0.2, 0) is 11.2 Å². The van der Waals surface area contributed by atoms with E-state index in [0.717, 1.165) is 11.8 Å². The van der Waals surface area contributed by atoms with E-state index in [1.165, 1.54) is 0 Å². The highest BCUT2D eigenvalue weighted by molar-refractivity contribution is 8.00. The molecule has 0 radical (unpaired) electrons. The molecule has 1 aromatic heterocycles. The first-order valence-corrected chi connectivity index (χ1v) is 8.94. The Morgan fingerprint density at radius 3 is 2.60 bits per heavy atom. The first-order valence-electron chi connectivity index (χ1n) is 7.31. The summed E-state index contributed by atoms with van der Waals surface area (Å²) in [7, 11) is 0. The van der Waals surface area contributed by atoms with Gasteiger partial charge in [0.1, 0.15) is 11.6 Å². The molecule has 1 heterocycles. The summed E-state index contributed by atoms with van der Waals surface area (Å²) in [4.78, 5) is 31.0. The van der Waals surface area contributed by atoms with Crippen molar-refractivity contribution in [1.29, 1.82) is 5.26 Å². The van der Waals surface area contributed by atoms with Crippen LogP contribution >= 0.6 is 35.0 Å². The molecule has 0 spiro atoms. The smallest absolute Gasteiger partial charge is 0.269 e. The van der Waals surface area contributed by atoms with Crippen LogP contribution < -0.4 is 10.9 Å². The zero-order valence-electron chi connectivity index (χ0n) is 13.4. The molecule has 0 unspecified atom stereocenters. The Bertz CT molecular complexity index is 888. The number of carbonyl (C=O) groups is 1. The second-order valence-electron chi connectivity index (χ2n) is 5.07. The topological polar surface area (TPSA) is 98.6 Å². The van der Waals surface area contributed by atoms with Crippen molar-refractivity contribution < 1.29 is 4.79 Å². The maximum atomic E-state index is 12.3. The Morgan fingerprint density at radius 1 is 1.40 bits per heavy atom. The normalized spacial score (nSPS) is 11.6. The fourth-order valence-corrected chi connectivity index (χ4v) is 3.36. The van der Waals surface area contributed by atoms with E-state index in [2.05, 4.69) is 15.3 Å². The van der Waals surface area contributed by atoms with Crippen LogP contribution in [0, 0.1) is 11.3 Å². The van der Waals surface area contributed by atoms with Gasteiger partial charge in [0.2, 0.25) is 5.91 Å². The van der Waals surface area contributed by atoms with Gasteiger partial charge in [-0.3, -0.25) is 9.59 Å². The number of nitriles is 1. The highest BCUT2D eigenvalue weighted by Gasteiger charge is 2.18. The lowest BCUT2D eigenvalue weighted by Crippen LogP contribution is -2.24. The van der Waals surface area contributed by atoms with Crippen molar-refractivity contribution in [3.8, 4) is 6.07 Å². The molecule has 1 atom stereocenters. The number of hydrogen-bond donors (Lipinski definition) is 2. The number of benzene rings is 1. The minimum Gasteiger partial charge on any atom is -0.325 e. The fraction of sp³-hybridized carbons (Fsp3) is 0.250. The summed E-state index contributed by atoms with van der Waals surface area (Å²) in [5, 5.41) is 12.3. The number of H-pyrrole nitrogens is 1. The molecular formula is C16H14Cl2N4O2S. The van der Waals surface area contributed by atoms with Crippen molar-refractivity contribution >= 4 is 46.6 Å². The Labute approximate surface area is 158 Å². The van der Waals surface area contributed by atoms with Gasteiger partial charge in [-0.2, -0.15) is 5.26 Å². The van der Waals surface area contributed by atoms with Crippen molar-refractivity contribution in [2.75, 3.05) is 5.32 Å². The zero-order chi connectivity index (χ0) is 18.6. The Hall–Kier alpha value is -2.01. The third-order valence-electron chi connectivity index (χ3n) is 3.21. The van der Waals surface area contributed by atoms with E-state index in [-0.39, 0.29) is 16.6 Å². The van der Waals surface area contributed by atoms with Crippen LogP contribution in [-0.4, -0.2) is 21.1 Å². The van der Waals surface area contributed by atoms with Crippen LogP contribution in [0.5, 0.6) is 0 Å². The van der Waals surface area contributed by atoms with Crippen molar-refractivity contribution in [3.63, 3.8) is 0 Å². The number of nitrogens with one attached hydrogen (secondary N) is 2. The molecule has 0 saturated heterocycles. The number of amides is 1. The van der Waals surface area contributed by atoms with E-state index in [9.17, 15) is 9.59 Å². The first kappa shape index (κ1) is 19.3. The van der Waals surface area contributed by atoms with E-state index in [0.29, 0.717) is 27.8 Å². The molecule has 2 N–H and O–H groups in total. The third kappa shape index (κ3) is 4.98. The molecule has 0 aliphatic heterocycles. The third-order valence-corrected chi connectivity index (χ3v) is 4.63. The molecule has 1 aromatic carbocycles. The van der Waals surface area contributed by atoms with E-state index >= 15 is 0 Å². The number of aromatic amines is 1. The number of anilines is 1. The van der Waals surface area contributed by atoms with E-state index < -0.39 is 10.8 Å². The first-order chi connectivity index (χ1) is 11.8. The number of nitrogens with zero attached hydrogens (tertiary/aromatic N) is 2. The molecule has 1 amide bonds. The molecule has 9 heteroatoms. The molecule has 2 rings (SSSR count). The van der Waals surface area contributed by atoms with Crippen molar-refractivity contribution in [2.45, 2.75) is 30.7 Å². The van der Waals surface area contributed by atoms with Gasteiger partial charge in [0.15, 0.2) is 5.16 Å². The SMILES string of the molecule is CCc1nc(S[C@@H](C)C(=O)Nc2cc(Cl)cc(Cl)c2)[nH]c(=O)c1C#N. The summed E-state index contributed by atoms with van der Waals surface area (Å²) < 4.78 is 0. The van der Waals surface area contributed by atoms with Gasteiger partial charge in [-0.25, -0.2) is 4.98 Å². The molecule has 25 heavy (non-hydrogen) atoms. The number of halogens is 2. The molecule has 0 bridgehead atoms. The molecular weight excluding hydrogens is 383 g/mol. The highest BCUT2D eigenvalue weighted by Crippen LogP contribution is 2.24. The number of aryl methyl sites for hydroxylation is 1. The summed E-state index contributed by atoms with van der Waals surface area (Å²) in [6.45, 7) is 3.48. The van der Waals surface area contributed by atoms with Crippen molar-refractivity contribution in [1.82, 2.24) is 9.97 Å². The molecule has 6 nitrogen and oxygen atoms in total. The summed E-state index contributed by atoms with van der Waals surface area (Å²) in [6.07, 6.45) is 0.446. The van der Waals surface area contributed by atoms with Gasteiger partial charge >= 0.3 is 0 Å². The number of carbonyl (C=O) groups excluding carboxylic acids is 1. The molecule has 0 saturated carbocycles. The molecule has 0 aliphatic rings. The molecule has 2 aromatic rings. The van der Waals surface area contributed by atoms with Crippen LogP contribution in [0.4, 0.5) is 5.69 Å². The second kappa shape index (κ2) is 8.39. The van der Waals surface area contributed by atoms with Gasteiger partial charge in [-0.1, -0.05) is 41.9 Å². The summed E-state index contributed by atoms with van der Waals surface area (Å²) >= 11 is 12.9. The highest BCUT2D eigenvalue weighted by atomic mass is 35.5. The van der Waals surface area contributed by atoms with Crippen molar-refractivity contribution in [2.24, 2.45) is 0 Å². The number of hydrogen-bond acceptors (Lipinski definition) is 5. The van der Waals surface area contributed by atoms with Crippen LogP contribution in [0.2, 0.25) is 10.0 Å². The number of thioether (sulfide) groups is 1. The average molecular weight is 397 g/mol. The standard InChI is InChI=1S/C16H14Cl2N4O2S/c1-3-13-12(7-19)15(24)22-16(21-13)25-8(2)14(23)20-11-5-9(17)4-10(18)6-11/h4-6,8H,3H2,1-2H3,(H,20,23)(H,21,22,24)/t8-/m0/s1. The Morgan fingerprint density at radius 2 is 2.04 bits per heavy atom. The lowest BCUT2D eigenvalue weighted by molar-refractivity contribution is -0.115. The predicted octanol–water partition coefficient (Wildman–Crippen LogP) is 3.63. The lowest BCUT2D eigenvalue weighted by Gasteiger charge is -2.12. The maximum Gasteiger partial charge on any atom is 0.269 e. The van der Waals surface area contributed by atoms with E-state index in [4.69, 9.17) is 28.5 Å². The molecule has 0 aliphatic carbocycles. The molecule has 130 valence electrons. The monoisotopic (exact) mass is 396 g/mol. The van der Waals surface area contributed by atoms with Crippen molar-refractivity contribution in [3.05, 3.63) is 49.9 Å². The summed E-state index contributed by atoms with van der Waals surface area (Å²) in [5.41, 5.74) is 0.372. The maximum absolute atomic E-state index is 12.3. The molecule has 0 fully saturated rings. The fourth-order valence-electron chi connectivity index (χ4n) is 2.01. The summed E-state index contributed by atoms with van der Waals surface area (Å²) in [6, 6.07) is 6.57. The van der Waals surface area contributed by atoms with Gasteiger partial charge in [0.05, 0.1) is 10.9 Å². The van der Waals surface area contributed by atoms with Gasteiger partial charge < -0.3 is 10.3 Å². The minimum absolute atomic E-state index is 0.00229. The minimum atomic E-state index is -0.543. The Balaban J connectivity index is 2.15. The second-order valence-corrected chi connectivity index (χ2v) is 7.27. The van der Waals surface area contributed by atoms with Gasteiger partial charge in [-0.05, 0) is 31.5 Å². The largest absolute Gasteiger partial charge is 0.325 e. The van der Waals surface area contributed by atoms with Gasteiger partial charge in [-0.15, -0.1) is 0 Å². The zero-order valence-corrected chi connectivity index (χ0v) is 15.7. The van der Waals surface area contributed by atoms with Gasteiger partial charge in [0.25, 0.3) is 5.56 Å². The van der Waals surface area contributed by atoms with Crippen LogP contribution in [0.3, 0.4) is 0 Å². The lowest BCUT2D eigenvalue weighted by atomic mass is 10.2. The van der Waals surface area contributed by atoms with Crippen LogP contribution in [0.15, 0.2) is 28.2 Å². The van der Waals surface area contributed by atoms with Crippen LogP contribution in [0.25, 0.3) is 0 Å². The van der Waals surface area contributed by atoms with Crippen LogP contribution in [0.1, 0.15) is 25.1 Å². The number of rotatable bonds is 5. The van der Waals surface area contributed by atoms with E-state index in [1.54, 1.807) is 32.0 Å². The quantitative estimate of drug-likeness (QED) is 0.593. The van der Waals surface area contributed by atoms with Gasteiger partial charge in [0, 0.05) is 15.7 Å². The average Bonchev–Trinajstić information content (AvgIpc) is 2.53. The summed E-state index contributed by atoms with van der Waals surface area (Å²) in [5.74, 6) is -0.298. The van der Waals surface area contributed by atoms with E-state index in [1.807, 2.05) is 6.07 Å². The number of aromatic nitrogens is 2.